The number of carboxylic acid groups (broad SMARTS) is 1. The summed E-state index contributed by atoms with van der Waals surface area (Å²) in [5.41, 5.74) is 0. The first-order valence-corrected chi connectivity index (χ1v) is 3.21. The minimum atomic E-state index is -0.815. The number of hydrogen-bond donors (Lipinski definition) is 2. The van der Waals surface area contributed by atoms with Gasteiger partial charge >= 0.3 is 5.97 Å². The molecule has 0 amide bonds. The molecule has 0 spiro atoms. The van der Waals surface area contributed by atoms with Gasteiger partial charge < -0.3 is 15.2 Å². The van der Waals surface area contributed by atoms with Crippen molar-refractivity contribution in [3.63, 3.8) is 0 Å². The zero-order chi connectivity index (χ0) is 7.82. The molecule has 0 saturated heterocycles. The van der Waals surface area contributed by atoms with Gasteiger partial charge in [0.15, 0.2) is 0 Å². The quantitative estimate of drug-likeness (QED) is 0.575. The number of carboxylic acids is 1. The molecule has 0 aromatic rings. The van der Waals surface area contributed by atoms with Gasteiger partial charge in [0.2, 0.25) is 0 Å². The summed E-state index contributed by atoms with van der Waals surface area (Å²) in [6, 6.07) is 0. The number of ether oxygens (including phenoxy) is 1. The van der Waals surface area contributed by atoms with E-state index in [2.05, 4.69) is 5.32 Å². The Kier molecular flexibility index (Phi) is 11.7. The zero-order valence-electron chi connectivity index (χ0n) is 6.50. The second-order valence-electron chi connectivity index (χ2n) is 1.86. The highest BCUT2D eigenvalue weighted by atomic mass is 35.5. The van der Waals surface area contributed by atoms with E-state index in [4.69, 9.17) is 9.84 Å². The Balaban J connectivity index is 0. The Morgan fingerprint density at radius 2 is 2.18 bits per heavy atom. The summed E-state index contributed by atoms with van der Waals surface area (Å²) in [6.07, 6.45) is 0.0870. The molecule has 0 saturated carbocycles. The van der Waals surface area contributed by atoms with Crippen molar-refractivity contribution in [2.45, 2.75) is 6.42 Å². The molecule has 4 nitrogen and oxygen atoms in total. The van der Waals surface area contributed by atoms with Crippen molar-refractivity contribution in [3.05, 3.63) is 0 Å². The van der Waals surface area contributed by atoms with E-state index in [1.165, 1.54) is 0 Å². The molecule has 11 heavy (non-hydrogen) atoms. The number of likely N-dealkylation sites (N-methyl/N-ethyl adjacent to an activating group) is 1. The fourth-order valence-corrected chi connectivity index (χ4v) is 0.436. The number of hydrogen-bond acceptors (Lipinski definition) is 3. The van der Waals surface area contributed by atoms with E-state index >= 15 is 0 Å². The standard InChI is InChI=1S/C6H13NO3.ClH/c1-7-3-5-10-4-2-6(8)9;/h7H,2-5H2,1H3,(H,8,9);1H. The molecular weight excluding hydrogens is 170 g/mol. The lowest BCUT2D eigenvalue weighted by Crippen LogP contribution is -2.15. The molecule has 0 aromatic heterocycles. The van der Waals surface area contributed by atoms with Crippen molar-refractivity contribution in [2.24, 2.45) is 0 Å². The van der Waals surface area contributed by atoms with Crippen LogP contribution in [-0.2, 0) is 9.53 Å². The largest absolute Gasteiger partial charge is 0.481 e. The third-order valence-electron chi connectivity index (χ3n) is 0.957. The highest BCUT2D eigenvalue weighted by molar-refractivity contribution is 5.85. The van der Waals surface area contributed by atoms with Gasteiger partial charge in [-0.25, -0.2) is 0 Å². The maximum Gasteiger partial charge on any atom is 0.305 e. The average Bonchev–Trinajstić information content (AvgIpc) is 1.87. The second kappa shape index (κ2) is 9.68. The van der Waals surface area contributed by atoms with Crippen LogP contribution in [0.25, 0.3) is 0 Å². The molecular formula is C6H14ClNO3. The molecule has 0 bridgehead atoms. The van der Waals surface area contributed by atoms with Crippen LogP contribution in [0.1, 0.15) is 6.42 Å². The number of nitrogens with one attached hydrogen (secondary N) is 1. The summed E-state index contributed by atoms with van der Waals surface area (Å²) in [5, 5.41) is 11.1. The fourth-order valence-electron chi connectivity index (χ4n) is 0.436. The molecule has 0 radical (unpaired) electrons. The molecule has 2 N–H and O–H groups in total. The SMILES string of the molecule is CNCCOCCC(=O)O.Cl. The van der Waals surface area contributed by atoms with Crippen molar-refractivity contribution < 1.29 is 14.6 Å². The van der Waals surface area contributed by atoms with Gasteiger partial charge in [0.05, 0.1) is 19.6 Å². The maximum absolute atomic E-state index is 9.94. The molecule has 0 unspecified atom stereocenters. The molecule has 0 aromatic carbocycles. The minimum absolute atomic E-state index is 0. The highest BCUT2D eigenvalue weighted by Crippen LogP contribution is 1.80. The van der Waals surface area contributed by atoms with Gasteiger partial charge in [0, 0.05) is 6.54 Å². The van der Waals surface area contributed by atoms with E-state index in [0.29, 0.717) is 13.2 Å². The van der Waals surface area contributed by atoms with Gasteiger partial charge in [-0.2, -0.15) is 0 Å². The summed E-state index contributed by atoms with van der Waals surface area (Å²) < 4.78 is 4.94. The van der Waals surface area contributed by atoms with Gasteiger partial charge in [-0.3, -0.25) is 4.79 Å². The summed E-state index contributed by atoms with van der Waals surface area (Å²) in [7, 11) is 1.82. The molecule has 0 aliphatic heterocycles. The van der Waals surface area contributed by atoms with Crippen LogP contribution in [0.2, 0.25) is 0 Å². The lowest BCUT2D eigenvalue weighted by Gasteiger charge is -1.99. The molecule has 0 aliphatic rings. The topological polar surface area (TPSA) is 58.6 Å². The Hall–Kier alpha value is -0.320. The molecule has 0 aliphatic carbocycles. The van der Waals surface area contributed by atoms with Crippen LogP contribution >= 0.6 is 12.4 Å². The summed E-state index contributed by atoms with van der Waals surface area (Å²) >= 11 is 0. The second-order valence-corrected chi connectivity index (χ2v) is 1.86. The Morgan fingerprint density at radius 3 is 2.64 bits per heavy atom. The third-order valence-corrected chi connectivity index (χ3v) is 0.957. The molecule has 0 atom stereocenters. The number of aliphatic carboxylic acids is 1. The first kappa shape index (κ1) is 13.3. The van der Waals surface area contributed by atoms with E-state index in [1.807, 2.05) is 7.05 Å². The molecule has 5 heteroatoms. The van der Waals surface area contributed by atoms with Crippen molar-refractivity contribution in [2.75, 3.05) is 26.8 Å². The average molecular weight is 184 g/mol. The Labute approximate surface area is 72.3 Å². The first-order chi connectivity index (χ1) is 4.77. The van der Waals surface area contributed by atoms with Gasteiger partial charge in [0.25, 0.3) is 0 Å². The predicted octanol–water partition coefficient (Wildman–Crippen LogP) is 0.119. The van der Waals surface area contributed by atoms with Crippen LogP contribution in [0.3, 0.4) is 0 Å². The van der Waals surface area contributed by atoms with Crippen molar-refractivity contribution in [1.82, 2.24) is 5.32 Å². The Morgan fingerprint density at radius 1 is 1.55 bits per heavy atom. The molecule has 68 valence electrons. The van der Waals surface area contributed by atoms with Crippen LogP contribution in [0.15, 0.2) is 0 Å². The van der Waals surface area contributed by atoms with E-state index < -0.39 is 5.97 Å². The smallest absolute Gasteiger partial charge is 0.305 e. The van der Waals surface area contributed by atoms with Crippen molar-refractivity contribution in [3.8, 4) is 0 Å². The van der Waals surface area contributed by atoms with Crippen molar-refractivity contribution in [1.29, 1.82) is 0 Å². The third kappa shape index (κ3) is 12.8. The lowest BCUT2D eigenvalue weighted by molar-refractivity contribution is -0.138. The van der Waals surface area contributed by atoms with E-state index in [1.54, 1.807) is 0 Å². The Bertz CT molecular complexity index is 99.8. The van der Waals surface area contributed by atoms with Crippen LogP contribution < -0.4 is 5.32 Å². The highest BCUT2D eigenvalue weighted by Gasteiger charge is 1.94. The van der Waals surface area contributed by atoms with E-state index in [0.717, 1.165) is 6.54 Å². The van der Waals surface area contributed by atoms with Gasteiger partial charge in [-0.1, -0.05) is 0 Å². The van der Waals surface area contributed by atoms with Crippen molar-refractivity contribution >= 4 is 18.4 Å². The van der Waals surface area contributed by atoms with Gasteiger partial charge in [-0.05, 0) is 7.05 Å². The summed E-state index contributed by atoms with van der Waals surface area (Å²) in [6.45, 7) is 1.64. The maximum atomic E-state index is 9.94. The van der Waals surface area contributed by atoms with Gasteiger partial charge in [-0.15, -0.1) is 12.4 Å². The van der Waals surface area contributed by atoms with E-state index in [9.17, 15) is 4.79 Å². The van der Waals surface area contributed by atoms with Crippen LogP contribution in [0.5, 0.6) is 0 Å². The minimum Gasteiger partial charge on any atom is -0.481 e. The summed E-state index contributed by atoms with van der Waals surface area (Å²) in [4.78, 5) is 9.94. The summed E-state index contributed by atoms with van der Waals surface area (Å²) in [5.74, 6) is -0.815. The number of carbonyl (C=O) groups is 1. The van der Waals surface area contributed by atoms with Crippen LogP contribution in [0, 0.1) is 0 Å². The molecule has 0 heterocycles. The fraction of sp³-hybridized carbons (Fsp3) is 0.833. The first-order valence-electron chi connectivity index (χ1n) is 3.21. The monoisotopic (exact) mass is 183 g/mol. The van der Waals surface area contributed by atoms with Crippen LogP contribution in [0.4, 0.5) is 0 Å². The number of rotatable bonds is 6. The normalized spacial score (nSPS) is 8.82. The molecule has 0 fully saturated rings. The van der Waals surface area contributed by atoms with E-state index in [-0.39, 0.29) is 18.8 Å². The van der Waals surface area contributed by atoms with Crippen LogP contribution in [-0.4, -0.2) is 37.9 Å². The zero-order valence-corrected chi connectivity index (χ0v) is 7.32. The number of halogens is 1. The predicted molar refractivity (Wildman–Crippen MR) is 44.2 cm³/mol. The lowest BCUT2D eigenvalue weighted by atomic mass is 10.5. The molecule has 0 rings (SSSR count). The van der Waals surface area contributed by atoms with Gasteiger partial charge in [0.1, 0.15) is 0 Å².